The summed E-state index contributed by atoms with van der Waals surface area (Å²) in [5.41, 5.74) is 15.3. The summed E-state index contributed by atoms with van der Waals surface area (Å²) in [5, 5.41) is 2.51. The van der Waals surface area contributed by atoms with Crippen LogP contribution in [0.2, 0.25) is 0 Å². The Morgan fingerprint density at radius 1 is 0.226 bits per heavy atom. The van der Waals surface area contributed by atoms with Crippen LogP contribution in [0.3, 0.4) is 0 Å². The molecule has 0 radical (unpaired) electrons. The summed E-state index contributed by atoms with van der Waals surface area (Å²) in [6.45, 7) is 0. The van der Waals surface area contributed by atoms with E-state index in [1.165, 1.54) is 66.4 Å². The van der Waals surface area contributed by atoms with Gasteiger partial charge < -0.3 is 4.90 Å². The normalized spacial score (nSPS) is 11.0. The van der Waals surface area contributed by atoms with Crippen LogP contribution in [0.4, 0.5) is 17.1 Å². The summed E-state index contributed by atoms with van der Waals surface area (Å²) in [5.74, 6) is 0. The Balaban J connectivity index is 1.12. The summed E-state index contributed by atoms with van der Waals surface area (Å²) in [6, 6.07) is 80.8. The fraction of sp³-hybridized carbons (Fsp3) is 0. The van der Waals surface area contributed by atoms with Crippen molar-refractivity contribution in [2.45, 2.75) is 0 Å². The predicted octanol–water partition coefficient (Wildman–Crippen LogP) is 14.6. The van der Waals surface area contributed by atoms with Gasteiger partial charge >= 0.3 is 0 Å². The monoisotopic (exact) mass is 675 g/mol. The number of fused-ring (bicyclic) bond motifs is 1. The highest BCUT2D eigenvalue weighted by molar-refractivity contribution is 5.91. The first kappa shape index (κ1) is 32.0. The first-order valence-electron chi connectivity index (χ1n) is 18.2. The molecule has 9 rings (SSSR count). The molecule has 9 aromatic carbocycles. The third-order valence-corrected chi connectivity index (χ3v) is 10.0. The second-order valence-corrected chi connectivity index (χ2v) is 13.4. The Hall–Kier alpha value is -6.96. The fourth-order valence-corrected chi connectivity index (χ4v) is 7.34. The molecule has 0 heterocycles. The van der Waals surface area contributed by atoms with Crippen molar-refractivity contribution in [1.29, 1.82) is 0 Å². The van der Waals surface area contributed by atoms with Gasteiger partial charge in [0, 0.05) is 16.9 Å². The maximum absolute atomic E-state index is 2.39. The number of benzene rings is 9. The Kier molecular flexibility index (Phi) is 8.66. The van der Waals surface area contributed by atoms with Crippen molar-refractivity contribution >= 4 is 27.8 Å². The maximum Gasteiger partial charge on any atom is 0.0540 e. The molecule has 250 valence electrons. The van der Waals surface area contributed by atoms with E-state index >= 15 is 0 Å². The van der Waals surface area contributed by atoms with Crippen molar-refractivity contribution in [1.82, 2.24) is 0 Å². The lowest BCUT2D eigenvalue weighted by atomic mass is 9.96. The summed E-state index contributed by atoms with van der Waals surface area (Å²) in [4.78, 5) is 2.39. The van der Waals surface area contributed by atoms with Gasteiger partial charge in [-0.05, 0) is 109 Å². The van der Waals surface area contributed by atoms with E-state index in [0.29, 0.717) is 0 Å². The number of hydrogen-bond acceptors (Lipinski definition) is 1. The highest BCUT2D eigenvalue weighted by Gasteiger charge is 2.18. The van der Waals surface area contributed by atoms with E-state index in [9.17, 15) is 0 Å². The molecule has 0 aromatic heterocycles. The number of para-hydroxylation sites is 1. The first-order valence-corrected chi connectivity index (χ1v) is 18.2. The smallest absolute Gasteiger partial charge is 0.0540 e. The van der Waals surface area contributed by atoms with Gasteiger partial charge in [-0.25, -0.2) is 0 Å². The summed E-state index contributed by atoms with van der Waals surface area (Å²) >= 11 is 0. The second-order valence-electron chi connectivity index (χ2n) is 13.4. The van der Waals surface area contributed by atoms with Gasteiger partial charge in [0.1, 0.15) is 0 Å². The minimum atomic E-state index is 1.10. The third kappa shape index (κ3) is 6.65. The molecule has 0 unspecified atom stereocenters. The van der Waals surface area contributed by atoms with Crippen molar-refractivity contribution in [3.05, 3.63) is 224 Å². The van der Waals surface area contributed by atoms with E-state index < -0.39 is 0 Å². The molecule has 53 heavy (non-hydrogen) atoms. The topological polar surface area (TPSA) is 3.24 Å². The van der Waals surface area contributed by atoms with Gasteiger partial charge in [0.2, 0.25) is 0 Å². The van der Waals surface area contributed by atoms with Crippen LogP contribution in [0.1, 0.15) is 0 Å². The van der Waals surface area contributed by atoms with E-state index in [2.05, 4.69) is 229 Å². The molecule has 0 aliphatic rings. The molecule has 0 aliphatic heterocycles. The molecule has 0 bridgehead atoms. The van der Waals surface area contributed by atoms with E-state index in [-0.39, 0.29) is 0 Å². The van der Waals surface area contributed by atoms with E-state index in [0.717, 1.165) is 17.1 Å². The van der Waals surface area contributed by atoms with Crippen LogP contribution < -0.4 is 4.90 Å². The predicted molar refractivity (Wildman–Crippen MR) is 226 cm³/mol. The molecular formula is C52H37N. The molecule has 1 nitrogen and oxygen atoms in total. The van der Waals surface area contributed by atoms with Gasteiger partial charge in [-0.1, -0.05) is 176 Å². The average Bonchev–Trinajstić information content (AvgIpc) is 3.25. The van der Waals surface area contributed by atoms with Crippen molar-refractivity contribution in [2.24, 2.45) is 0 Å². The maximum atomic E-state index is 2.39. The fourth-order valence-electron chi connectivity index (χ4n) is 7.34. The minimum absolute atomic E-state index is 1.10. The summed E-state index contributed by atoms with van der Waals surface area (Å²) < 4.78 is 0. The lowest BCUT2D eigenvalue weighted by Gasteiger charge is -2.28. The Labute approximate surface area is 311 Å². The van der Waals surface area contributed by atoms with Crippen molar-refractivity contribution in [2.75, 3.05) is 4.90 Å². The molecule has 0 atom stereocenters. The zero-order valence-electron chi connectivity index (χ0n) is 29.3. The second kappa shape index (κ2) is 14.3. The zero-order valence-corrected chi connectivity index (χ0v) is 29.3. The third-order valence-electron chi connectivity index (χ3n) is 10.0. The SMILES string of the molecule is c1ccc(-c2cccc(-c3cccc(N(c4ccc(-c5cccc(-c6ccc7ccccc7c6)c5)cc4)c4ccccc4-c4ccccc4)c3)c2)cc1. The minimum Gasteiger partial charge on any atom is -0.310 e. The quantitative estimate of drug-likeness (QED) is 0.155. The Bertz CT molecular complexity index is 2660. The molecule has 0 aliphatic carbocycles. The van der Waals surface area contributed by atoms with Crippen molar-refractivity contribution in [3.8, 4) is 55.6 Å². The molecule has 0 saturated carbocycles. The van der Waals surface area contributed by atoms with E-state index in [1.54, 1.807) is 0 Å². The van der Waals surface area contributed by atoms with E-state index in [1.807, 2.05) is 0 Å². The van der Waals surface area contributed by atoms with Crippen LogP contribution in [0.25, 0.3) is 66.4 Å². The first-order chi connectivity index (χ1) is 26.3. The molecule has 0 N–H and O–H groups in total. The average molecular weight is 676 g/mol. The Morgan fingerprint density at radius 2 is 0.679 bits per heavy atom. The zero-order chi connectivity index (χ0) is 35.4. The van der Waals surface area contributed by atoms with Gasteiger partial charge in [0.25, 0.3) is 0 Å². The molecule has 0 fully saturated rings. The van der Waals surface area contributed by atoms with Crippen LogP contribution in [-0.2, 0) is 0 Å². The summed E-state index contributed by atoms with van der Waals surface area (Å²) in [7, 11) is 0. The highest BCUT2D eigenvalue weighted by atomic mass is 15.1. The number of hydrogen-bond donors (Lipinski definition) is 0. The number of anilines is 3. The van der Waals surface area contributed by atoms with Crippen LogP contribution in [-0.4, -0.2) is 0 Å². The van der Waals surface area contributed by atoms with Crippen molar-refractivity contribution < 1.29 is 0 Å². The van der Waals surface area contributed by atoms with Gasteiger partial charge in [0.05, 0.1) is 5.69 Å². The van der Waals surface area contributed by atoms with Gasteiger partial charge in [-0.15, -0.1) is 0 Å². The van der Waals surface area contributed by atoms with Crippen LogP contribution in [0.15, 0.2) is 224 Å². The van der Waals surface area contributed by atoms with Gasteiger partial charge in [-0.3, -0.25) is 0 Å². The molecule has 0 saturated heterocycles. The van der Waals surface area contributed by atoms with Gasteiger partial charge in [-0.2, -0.15) is 0 Å². The molecule has 0 amide bonds. The van der Waals surface area contributed by atoms with Crippen LogP contribution >= 0.6 is 0 Å². The largest absolute Gasteiger partial charge is 0.310 e. The molecule has 1 heteroatoms. The van der Waals surface area contributed by atoms with Crippen LogP contribution in [0.5, 0.6) is 0 Å². The van der Waals surface area contributed by atoms with Crippen LogP contribution in [0, 0.1) is 0 Å². The molecule has 0 spiro atoms. The number of nitrogens with zero attached hydrogens (tertiary/aromatic N) is 1. The van der Waals surface area contributed by atoms with Crippen molar-refractivity contribution in [3.63, 3.8) is 0 Å². The van der Waals surface area contributed by atoms with E-state index in [4.69, 9.17) is 0 Å². The van der Waals surface area contributed by atoms with Gasteiger partial charge in [0.15, 0.2) is 0 Å². The Morgan fingerprint density at radius 3 is 1.36 bits per heavy atom. The summed E-state index contributed by atoms with van der Waals surface area (Å²) in [6.07, 6.45) is 0. The molecular weight excluding hydrogens is 639 g/mol. The highest BCUT2D eigenvalue weighted by Crippen LogP contribution is 2.42. The standard InChI is InChI=1S/C52H37N/c1-3-14-38(15-4-1)43-20-11-22-45(34-43)47-24-13-25-50(37-47)53(52-27-10-9-26-51(52)41-17-5-2-6-18-41)49-32-30-40(31-33-49)44-21-12-23-46(35-44)48-29-28-39-16-7-8-19-42(39)36-48/h1-37H. The molecule has 9 aromatic rings. The lowest BCUT2D eigenvalue weighted by molar-refractivity contribution is 1.28. The lowest BCUT2D eigenvalue weighted by Crippen LogP contribution is -2.11. The number of rotatable bonds is 8.